The Labute approximate surface area is 194 Å². The van der Waals surface area contributed by atoms with Crippen LogP contribution in [-0.2, 0) is 11.3 Å². The zero-order valence-electron chi connectivity index (χ0n) is 17.8. The number of hydrogen-bond donors (Lipinski definition) is 1. The van der Waals surface area contributed by atoms with Gasteiger partial charge in [0.2, 0.25) is 5.91 Å². The van der Waals surface area contributed by atoms with E-state index in [-0.39, 0.29) is 11.7 Å². The van der Waals surface area contributed by atoms with Crippen LogP contribution in [0.3, 0.4) is 0 Å². The molecule has 0 aliphatic heterocycles. The largest absolute Gasteiger partial charge is 0.494 e. The van der Waals surface area contributed by atoms with Crippen LogP contribution >= 0.6 is 23.1 Å². The summed E-state index contributed by atoms with van der Waals surface area (Å²) in [4.78, 5) is 17.0. The van der Waals surface area contributed by atoms with Crippen molar-refractivity contribution in [2.75, 3.05) is 17.7 Å². The molecule has 164 valence electrons. The smallest absolute Gasteiger partial charge is 0.236 e. The summed E-state index contributed by atoms with van der Waals surface area (Å²) in [5.41, 5.74) is 2.83. The third-order valence-electron chi connectivity index (χ3n) is 4.61. The molecule has 4 rings (SSSR count). The van der Waals surface area contributed by atoms with Crippen LogP contribution in [-0.4, -0.2) is 38.0 Å². The molecule has 1 N–H and O–H groups in total. The van der Waals surface area contributed by atoms with E-state index in [1.807, 2.05) is 78.4 Å². The molecule has 9 heteroatoms. The first-order valence-corrected chi connectivity index (χ1v) is 12.1. The molecule has 0 atom stereocenters. The topological polar surface area (TPSA) is 81.9 Å². The monoisotopic (exact) mass is 465 g/mol. The van der Waals surface area contributed by atoms with Gasteiger partial charge >= 0.3 is 0 Å². The van der Waals surface area contributed by atoms with Crippen molar-refractivity contribution in [2.24, 2.45) is 0 Å². The number of benzene rings is 2. The lowest BCUT2D eigenvalue weighted by atomic mass is 10.2. The van der Waals surface area contributed by atoms with Crippen molar-refractivity contribution in [3.05, 3.63) is 60.0 Å². The minimum Gasteiger partial charge on any atom is -0.494 e. The minimum absolute atomic E-state index is 0.128. The molecule has 2 aromatic carbocycles. The van der Waals surface area contributed by atoms with E-state index >= 15 is 0 Å². The van der Waals surface area contributed by atoms with Crippen molar-refractivity contribution in [3.63, 3.8) is 0 Å². The molecular weight excluding hydrogens is 442 g/mol. The van der Waals surface area contributed by atoms with E-state index in [4.69, 9.17) is 4.74 Å². The third-order valence-corrected chi connectivity index (χ3v) is 6.33. The van der Waals surface area contributed by atoms with Gasteiger partial charge in [-0.05, 0) is 38.1 Å². The SMILES string of the molecule is CCOc1ccc(-c2nnc(SCC(=O)Nc3nc(-c4ccccc4)cs3)n2CC)cc1. The van der Waals surface area contributed by atoms with Gasteiger partial charge in [-0.3, -0.25) is 4.79 Å². The zero-order chi connectivity index (χ0) is 22.3. The second-order valence-electron chi connectivity index (χ2n) is 6.75. The number of aromatic nitrogens is 4. The van der Waals surface area contributed by atoms with Gasteiger partial charge in [-0.25, -0.2) is 4.98 Å². The molecule has 0 fully saturated rings. The number of nitrogens with zero attached hydrogens (tertiary/aromatic N) is 4. The molecule has 32 heavy (non-hydrogen) atoms. The maximum absolute atomic E-state index is 12.5. The van der Waals surface area contributed by atoms with Crippen LogP contribution < -0.4 is 10.1 Å². The first-order chi connectivity index (χ1) is 15.7. The number of carbonyl (C=O) groups excluding carboxylic acids is 1. The van der Waals surface area contributed by atoms with Gasteiger partial charge in [0.25, 0.3) is 0 Å². The zero-order valence-corrected chi connectivity index (χ0v) is 19.4. The maximum atomic E-state index is 12.5. The van der Waals surface area contributed by atoms with Crippen LogP contribution in [0, 0.1) is 0 Å². The van der Waals surface area contributed by atoms with Crippen LogP contribution in [0.2, 0.25) is 0 Å². The Morgan fingerprint density at radius 3 is 2.56 bits per heavy atom. The van der Waals surface area contributed by atoms with E-state index in [1.54, 1.807) is 0 Å². The lowest BCUT2D eigenvalue weighted by molar-refractivity contribution is -0.113. The number of nitrogens with one attached hydrogen (secondary N) is 1. The average Bonchev–Trinajstić information content (AvgIpc) is 3.46. The number of carbonyl (C=O) groups is 1. The summed E-state index contributed by atoms with van der Waals surface area (Å²) < 4.78 is 7.51. The fourth-order valence-corrected chi connectivity index (χ4v) is 4.66. The van der Waals surface area contributed by atoms with Gasteiger partial charge in [0.15, 0.2) is 16.1 Å². The van der Waals surface area contributed by atoms with E-state index in [0.717, 1.165) is 28.4 Å². The van der Waals surface area contributed by atoms with Gasteiger partial charge in [-0.15, -0.1) is 21.5 Å². The summed E-state index contributed by atoms with van der Waals surface area (Å²) in [6.07, 6.45) is 0. The average molecular weight is 466 g/mol. The van der Waals surface area contributed by atoms with E-state index in [2.05, 4.69) is 20.5 Å². The van der Waals surface area contributed by atoms with Gasteiger partial charge in [0.1, 0.15) is 5.75 Å². The normalized spacial score (nSPS) is 10.8. The highest BCUT2D eigenvalue weighted by Crippen LogP contribution is 2.27. The fourth-order valence-electron chi connectivity index (χ4n) is 3.12. The second kappa shape index (κ2) is 10.4. The van der Waals surface area contributed by atoms with Gasteiger partial charge < -0.3 is 14.6 Å². The molecule has 7 nitrogen and oxygen atoms in total. The Morgan fingerprint density at radius 2 is 1.84 bits per heavy atom. The van der Waals surface area contributed by atoms with E-state index < -0.39 is 0 Å². The van der Waals surface area contributed by atoms with Crippen LogP contribution in [0.25, 0.3) is 22.6 Å². The lowest BCUT2D eigenvalue weighted by Gasteiger charge is -2.08. The Morgan fingerprint density at radius 1 is 1.06 bits per heavy atom. The van der Waals surface area contributed by atoms with Gasteiger partial charge in [-0.1, -0.05) is 42.1 Å². The number of thiazole rings is 1. The number of amides is 1. The summed E-state index contributed by atoms with van der Waals surface area (Å²) in [5.74, 6) is 1.69. The first-order valence-electron chi connectivity index (χ1n) is 10.3. The highest BCUT2D eigenvalue weighted by molar-refractivity contribution is 7.99. The molecule has 0 saturated heterocycles. The number of anilines is 1. The lowest BCUT2D eigenvalue weighted by Crippen LogP contribution is -2.14. The molecule has 2 aromatic heterocycles. The molecule has 0 spiro atoms. The molecule has 0 saturated carbocycles. The summed E-state index contributed by atoms with van der Waals surface area (Å²) in [6, 6.07) is 17.7. The Balaban J connectivity index is 1.38. The summed E-state index contributed by atoms with van der Waals surface area (Å²) in [6.45, 7) is 5.32. The van der Waals surface area contributed by atoms with Crippen molar-refractivity contribution in [1.82, 2.24) is 19.7 Å². The van der Waals surface area contributed by atoms with Crippen LogP contribution in [0.5, 0.6) is 5.75 Å². The fraction of sp³-hybridized carbons (Fsp3) is 0.217. The molecule has 0 aliphatic rings. The Bertz CT molecular complexity index is 1170. The second-order valence-corrected chi connectivity index (χ2v) is 8.55. The van der Waals surface area contributed by atoms with Crippen molar-refractivity contribution >= 4 is 34.1 Å². The molecule has 0 radical (unpaired) electrons. The molecular formula is C23H23N5O2S2. The highest BCUT2D eigenvalue weighted by Gasteiger charge is 2.15. The standard InChI is InChI=1S/C23H23N5O2S2/c1-3-28-21(17-10-12-18(13-11-17)30-4-2)26-27-23(28)32-15-20(29)25-22-24-19(14-31-22)16-8-6-5-7-9-16/h5-14H,3-4,15H2,1-2H3,(H,24,25,29). The predicted molar refractivity (Wildman–Crippen MR) is 129 cm³/mol. The Kier molecular flexibility index (Phi) is 7.18. The van der Waals surface area contributed by atoms with Crippen molar-refractivity contribution in [3.8, 4) is 28.4 Å². The van der Waals surface area contributed by atoms with E-state index in [0.29, 0.717) is 23.4 Å². The quantitative estimate of drug-likeness (QED) is 0.341. The van der Waals surface area contributed by atoms with Crippen LogP contribution in [0.1, 0.15) is 13.8 Å². The Hall–Kier alpha value is -3.17. The van der Waals surface area contributed by atoms with Crippen molar-refractivity contribution in [1.29, 1.82) is 0 Å². The molecule has 0 bridgehead atoms. The number of hydrogen-bond acceptors (Lipinski definition) is 7. The molecule has 0 aliphatic carbocycles. The van der Waals surface area contributed by atoms with Gasteiger partial charge in [0.05, 0.1) is 18.1 Å². The van der Waals surface area contributed by atoms with E-state index in [1.165, 1.54) is 23.1 Å². The minimum atomic E-state index is -0.128. The molecule has 1 amide bonds. The summed E-state index contributed by atoms with van der Waals surface area (Å²) >= 11 is 2.77. The highest BCUT2D eigenvalue weighted by atomic mass is 32.2. The van der Waals surface area contributed by atoms with Crippen LogP contribution in [0.15, 0.2) is 65.1 Å². The molecule has 0 unspecified atom stereocenters. The number of ether oxygens (including phenoxy) is 1. The number of thioether (sulfide) groups is 1. The third kappa shape index (κ3) is 5.17. The first kappa shape index (κ1) is 22.0. The van der Waals surface area contributed by atoms with Crippen molar-refractivity contribution < 1.29 is 9.53 Å². The molecule has 2 heterocycles. The van der Waals surface area contributed by atoms with Crippen molar-refractivity contribution in [2.45, 2.75) is 25.5 Å². The van der Waals surface area contributed by atoms with Gasteiger partial charge in [0, 0.05) is 23.1 Å². The number of rotatable bonds is 9. The summed E-state index contributed by atoms with van der Waals surface area (Å²) in [5, 5.41) is 14.7. The predicted octanol–water partition coefficient (Wildman–Crippen LogP) is 5.22. The van der Waals surface area contributed by atoms with Crippen LogP contribution in [0.4, 0.5) is 5.13 Å². The summed E-state index contributed by atoms with van der Waals surface area (Å²) in [7, 11) is 0. The van der Waals surface area contributed by atoms with E-state index in [9.17, 15) is 4.79 Å². The maximum Gasteiger partial charge on any atom is 0.236 e. The van der Waals surface area contributed by atoms with Gasteiger partial charge in [-0.2, -0.15) is 0 Å². The molecule has 4 aromatic rings.